The Balaban J connectivity index is 1.42. The Bertz CT molecular complexity index is 1000. The molecule has 3 heterocycles. The molecule has 1 fully saturated rings. The van der Waals surface area contributed by atoms with E-state index in [-0.39, 0.29) is 5.82 Å². The first-order valence-corrected chi connectivity index (χ1v) is 10.4. The minimum atomic E-state index is -0.187. The van der Waals surface area contributed by atoms with Gasteiger partial charge in [0.15, 0.2) is 0 Å². The molecule has 4 rings (SSSR count). The number of hydrogen-bond acceptors (Lipinski definition) is 5. The molecule has 1 aliphatic rings. The van der Waals surface area contributed by atoms with Crippen LogP contribution in [-0.2, 0) is 13.0 Å². The molecule has 30 heavy (non-hydrogen) atoms. The van der Waals surface area contributed by atoms with Crippen molar-refractivity contribution in [3.8, 4) is 0 Å². The molecule has 3 aromatic rings. The molecule has 6 heteroatoms. The van der Waals surface area contributed by atoms with Crippen molar-refractivity contribution in [1.82, 2.24) is 19.9 Å². The lowest BCUT2D eigenvalue weighted by atomic mass is 9.98. The highest BCUT2D eigenvalue weighted by atomic mass is 19.1. The number of benzene rings is 1. The van der Waals surface area contributed by atoms with Gasteiger partial charge >= 0.3 is 0 Å². The normalized spacial score (nSPS) is 16.7. The number of rotatable bonds is 6. The summed E-state index contributed by atoms with van der Waals surface area (Å²) < 4.78 is 13.5. The highest BCUT2D eigenvalue weighted by molar-refractivity contribution is 5.31. The van der Waals surface area contributed by atoms with Gasteiger partial charge in [0.2, 0.25) is 5.95 Å². The monoisotopic (exact) mass is 405 g/mol. The molecule has 156 valence electrons. The zero-order chi connectivity index (χ0) is 21.1. The van der Waals surface area contributed by atoms with Crippen molar-refractivity contribution in [1.29, 1.82) is 0 Å². The molecule has 5 nitrogen and oxygen atoms in total. The number of nitrogens with zero attached hydrogens (tertiary/aromatic N) is 5. The van der Waals surface area contributed by atoms with E-state index in [1.54, 1.807) is 12.1 Å². The van der Waals surface area contributed by atoms with Crippen molar-refractivity contribution in [2.24, 2.45) is 0 Å². The lowest BCUT2D eigenvalue weighted by molar-refractivity contribution is 0.325. The highest BCUT2D eigenvalue weighted by Crippen LogP contribution is 2.28. The molecule has 0 bridgehead atoms. The summed E-state index contributed by atoms with van der Waals surface area (Å²) in [6.45, 7) is 4.90. The zero-order valence-corrected chi connectivity index (χ0v) is 17.8. The second-order valence-corrected chi connectivity index (χ2v) is 8.35. The molecule has 2 aromatic heterocycles. The Morgan fingerprint density at radius 3 is 2.60 bits per heavy atom. The maximum atomic E-state index is 13.5. The number of anilines is 1. The van der Waals surface area contributed by atoms with Gasteiger partial charge in [-0.2, -0.15) is 0 Å². The number of hydrogen-bond donors (Lipinski definition) is 0. The molecular formula is C24H28FN5. The molecule has 1 unspecified atom stereocenters. The van der Waals surface area contributed by atoms with Gasteiger partial charge in [0.25, 0.3) is 0 Å². The topological polar surface area (TPSA) is 45.2 Å². The summed E-state index contributed by atoms with van der Waals surface area (Å²) in [5, 5.41) is 0. The summed E-state index contributed by atoms with van der Waals surface area (Å²) in [7, 11) is 3.88. The predicted molar refractivity (Wildman–Crippen MR) is 117 cm³/mol. The first-order chi connectivity index (χ1) is 14.5. The summed E-state index contributed by atoms with van der Waals surface area (Å²) in [5.41, 5.74) is 5.47. The molecule has 0 radical (unpaired) electrons. The smallest absolute Gasteiger partial charge is 0.224 e. The van der Waals surface area contributed by atoms with E-state index in [0.717, 1.165) is 60.9 Å². The standard InChI is InChI=1S/C24H28FN5/c1-17-9-19(10-18-5-4-6-22(25)11-18)12-23(28-17)21-7-8-30(16-21)15-20-13-26-24(27-14-20)29(2)3/h4-6,9,11-14,21H,7-8,10,15-16H2,1-3H3. The summed E-state index contributed by atoms with van der Waals surface area (Å²) in [4.78, 5) is 18.0. The summed E-state index contributed by atoms with van der Waals surface area (Å²) >= 11 is 0. The number of pyridine rings is 1. The van der Waals surface area contributed by atoms with E-state index < -0.39 is 0 Å². The third-order valence-corrected chi connectivity index (χ3v) is 5.52. The van der Waals surface area contributed by atoms with E-state index in [0.29, 0.717) is 5.92 Å². The minimum absolute atomic E-state index is 0.187. The number of aromatic nitrogens is 3. The van der Waals surface area contributed by atoms with Gasteiger partial charge in [-0.3, -0.25) is 9.88 Å². The number of halogens is 1. The van der Waals surface area contributed by atoms with Gasteiger partial charge in [-0.25, -0.2) is 14.4 Å². The average molecular weight is 406 g/mol. The maximum absolute atomic E-state index is 13.5. The van der Waals surface area contributed by atoms with Crippen LogP contribution < -0.4 is 4.90 Å². The maximum Gasteiger partial charge on any atom is 0.224 e. The molecule has 1 atom stereocenters. The molecule has 1 aromatic carbocycles. The Morgan fingerprint density at radius 2 is 1.87 bits per heavy atom. The van der Waals surface area contributed by atoms with Crippen molar-refractivity contribution in [2.75, 3.05) is 32.1 Å². The van der Waals surface area contributed by atoms with E-state index in [1.807, 2.05) is 44.4 Å². The van der Waals surface area contributed by atoms with Crippen LogP contribution in [-0.4, -0.2) is 47.0 Å². The third-order valence-electron chi connectivity index (χ3n) is 5.52. The van der Waals surface area contributed by atoms with Crippen LogP contribution in [0.5, 0.6) is 0 Å². The largest absolute Gasteiger partial charge is 0.347 e. The molecule has 0 amide bonds. The van der Waals surface area contributed by atoms with Gasteiger partial charge < -0.3 is 4.90 Å². The summed E-state index contributed by atoms with van der Waals surface area (Å²) in [6, 6.07) is 11.1. The zero-order valence-electron chi connectivity index (χ0n) is 17.8. The van der Waals surface area contributed by atoms with E-state index in [1.165, 1.54) is 11.6 Å². The molecule has 1 aliphatic heterocycles. The Kier molecular flexibility index (Phi) is 6.04. The van der Waals surface area contributed by atoms with E-state index in [4.69, 9.17) is 4.98 Å². The second kappa shape index (κ2) is 8.88. The molecule has 0 spiro atoms. The van der Waals surface area contributed by atoms with Crippen LogP contribution in [0.25, 0.3) is 0 Å². The summed E-state index contributed by atoms with van der Waals surface area (Å²) in [6.07, 6.45) is 5.64. The van der Waals surface area contributed by atoms with E-state index in [9.17, 15) is 4.39 Å². The molecule has 0 aliphatic carbocycles. The first kappa shape index (κ1) is 20.4. The fourth-order valence-corrected chi connectivity index (χ4v) is 4.10. The quantitative estimate of drug-likeness (QED) is 0.621. The fraction of sp³-hybridized carbons (Fsp3) is 0.375. The molecule has 0 N–H and O–H groups in total. The predicted octanol–water partition coefficient (Wildman–Crippen LogP) is 3.97. The van der Waals surface area contributed by atoms with Crippen molar-refractivity contribution >= 4 is 5.95 Å². The third kappa shape index (κ3) is 5.00. The molecule has 1 saturated heterocycles. The van der Waals surface area contributed by atoms with E-state index >= 15 is 0 Å². The van der Waals surface area contributed by atoms with Gasteiger partial charge in [0.1, 0.15) is 5.82 Å². The Morgan fingerprint density at radius 1 is 1.07 bits per heavy atom. The highest BCUT2D eigenvalue weighted by Gasteiger charge is 2.25. The van der Waals surface area contributed by atoms with Crippen molar-refractivity contribution in [3.63, 3.8) is 0 Å². The molecular weight excluding hydrogens is 377 g/mol. The van der Waals surface area contributed by atoms with Crippen LogP contribution in [0.3, 0.4) is 0 Å². The van der Waals surface area contributed by atoms with Gasteiger partial charge in [-0.15, -0.1) is 0 Å². The SMILES string of the molecule is Cc1cc(Cc2cccc(F)c2)cc(C2CCN(Cc3cnc(N(C)C)nc3)C2)n1. The van der Waals surface area contributed by atoms with Crippen LogP contribution in [0.1, 0.15) is 40.4 Å². The van der Waals surface area contributed by atoms with Crippen LogP contribution >= 0.6 is 0 Å². The minimum Gasteiger partial charge on any atom is -0.347 e. The Hall–Kier alpha value is -2.86. The number of likely N-dealkylation sites (tertiary alicyclic amines) is 1. The van der Waals surface area contributed by atoms with Crippen molar-refractivity contribution in [2.45, 2.75) is 32.2 Å². The van der Waals surface area contributed by atoms with Crippen LogP contribution in [0.2, 0.25) is 0 Å². The van der Waals surface area contributed by atoms with Crippen LogP contribution in [0, 0.1) is 12.7 Å². The van der Waals surface area contributed by atoms with Gasteiger partial charge in [0, 0.05) is 62.4 Å². The van der Waals surface area contributed by atoms with Gasteiger partial charge in [0.05, 0.1) is 0 Å². The lowest BCUT2D eigenvalue weighted by Crippen LogP contribution is -2.21. The summed E-state index contributed by atoms with van der Waals surface area (Å²) in [5.74, 6) is 0.957. The fourth-order valence-electron chi connectivity index (χ4n) is 4.10. The average Bonchev–Trinajstić information content (AvgIpc) is 3.16. The second-order valence-electron chi connectivity index (χ2n) is 8.35. The number of aryl methyl sites for hydroxylation is 1. The molecule has 0 saturated carbocycles. The van der Waals surface area contributed by atoms with Crippen LogP contribution in [0.4, 0.5) is 10.3 Å². The van der Waals surface area contributed by atoms with Crippen molar-refractivity contribution < 1.29 is 4.39 Å². The van der Waals surface area contributed by atoms with Crippen molar-refractivity contribution in [3.05, 3.63) is 82.7 Å². The first-order valence-electron chi connectivity index (χ1n) is 10.4. The van der Waals surface area contributed by atoms with Gasteiger partial charge in [-0.1, -0.05) is 12.1 Å². The lowest BCUT2D eigenvalue weighted by Gasteiger charge is -2.17. The van der Waals surface area contributed by atoms with E-state index in [2.05, 4.69) is 27.0 Å². The van der Waals surface area contributed by atoms with Gasteiger partial charge in [-0.05, 0) is 61.7 Å². The van der Waals surface area contributed by atoms with Crippen LogP contribution in [0.15, 0.2) is 48.8 Å². The Labute approximate surface area is 177 Å².